The molecule has 0 atom stereocenters. The van der Waals surface area contributed by atoms with Crippen LogP contribution < -0.4 is 0 Å². The van der Waals surface area contributed by atoms with Crippen LogP contribution in [0.5, 0.6) is 0 Å². The van der Waals surface area contributed by atoms with E-state index in [1.807, 2.05) is 28.9 Å². The highest BCUT2D eigenvalue weighted by Gasteiger charge is 2.19. The van der Waals surface area contributed by atoms with Crippen LogP contribution in [-0.4, -0.2) is 25.4 Å². The summed E-state index contributed by atoms with van der Waals surface area (Å²) in [5.74, 6) is -0.105. The minimum absolute atomic E-state index is 0.257. The molecule has 4 nitrogen and oxygen atoms in total. The summed E-state index contributed by atoms with van der Waals surface area (Å²) in [5, 5.41) is 0. The molecule has 0 bridgehead atoms. The van der Waals surface area contributed by atoms with Gasteiger partial charge in [0.1, 0.15) is 11.5 Å². The number of rotatable bonds is 5. The van der Waals surface area contributed by atoms with E-state index < -0.39 is 13.0 Å². The molecule has 7 heteroatoms. The molecule has 144 valence electrons. The Kier molecular flexibility index (Phi) is 4.66. The van der Waals surface area contributed by atoms with Crippen molar-refractivity contribution >= 4 is 5.65 Å². The zero-order chi connectivity index (χ0) is 19.8. The topological polar surface area (TPSA) is 35.1 Å². The Bertz CT molecular complexity index is 1110. The second kappa shape index (κ2) is 7.14. The second-order valence-corrected chi connectivity index (χ2v) is 6.98. The summed E-state index contributed by atoms with van der Waals surface area (Å²) >= 11 is 0. The summed E-state index contributed by atoms with van der Waals surface area (Å²) in [5.41, 5.74) is 4.32. The van der Waals surface area contributed by atoms with E-state index in [2.05, 4.69) is 23.8 Å². The molecule has 0 N–H and O–H groups in total. The maximum Gasteiger partial charge on any atom is 0.256 e. The molecule has 3 heterocycles. The Hall–Kier alpha value is -3.09. The molecular formula is C21H19F3N4. The van der Waals surface area contributed by atoms with Crippen LogP contribution in [0.3, 0.4) is 0 Å². The average molecular weight is 384 g/mol. The molecule has 0 saturated carbocycles. The largest absolute Gasteiger partial charge is 0.324 e. The van der Waals surface area contributed by atoms with Gasteiger partial charge in [0.05, 0.1) is 24.3 Å². The number of imidazole rings is 2. The van der Waals surface area contributed by atoms with Gasteiger partial charge >= 0.3 is 0 Å². The number of hydrogen-bond acceptors (Lipinski definition) is 2. The summed E-state index contributed by atoms with van der Waals surface area (Å²) in [6.45, 7) is 3.67. The summed E-state index contributed by atoms with van der Waals surface area (Å²) in [6, 6.07) is 9.57. The number of pyridine rings is 1. The van der Waals surface area contributed by atoms with Crippen LogP contribution in [0.15, 0.2) is 55.1 Å². The number of benzene rings is 1. The van der Waals surface area contributed by atoms with Crippen LogP contribution >= 0.6 is 0 Å². The zero-order valence-electron chi connectivity index (χ0n) is 15.5. The predicted octanol–water partition coefficient (Wildman–Crippen LogP) is 5.39. The van der Waals surface area contributed by atoms with Crippen molar-refractivity contribution in [3.05, 3.63) is 66.6 Å². The number of hydrogen-bond donors (Lipinski definition) is 0. The number of nitrogens with zero attached hydrogens (tertiary/aromatic N) is 4. The van der Waals surface area contributed by atoms with Gasteiger partial charge in [0.15, 0.2) is 0 Å². The van der Waals surface area contributed by atoms with Crippen molar-refractivity contribution in [2.45, 2.75) is 32.7 Å². The standard InChI is InChI=1S/C21H19F3N4/c1-13(2)17-9-25-19-8-5-15(10-28(17)19)21-20(14-3-6-16(22)7-4-14)26-12-27(21)11-18(23)24/h3-10,12-13,18H,11H2,1-2H3. The van der Waals surface area contributed by atoms with Gasteiger partial charge in [0.25, 0.3) is 6.43 Å². The summed E-state index contributed by atoms with van der Waals surface area (Å²) in [6.07, 6.45) is 2.60. The quantitative estimate of drug-likeness (QED) is 0.462. The fourth-order valence-corrected chi connectivity index (χ4v) is 3.36. The Morgan fingerprint density at radius 2 is 1.68 bits per heavy atom. The van der Waals surface area contributed by atoms with Crippen LogP contribution in [-0.2, 0) is 6.54 Å². The number of fused-ring (bicyclic) bond motifs is 1. The minimum Gasteiger partial charge on any atom is -0.324 e. The maximum absolute atomic E-state index is 13.3. The maximum atomic E-state index is 13.3. The van der Waals surface area contributed by atoms with Crippen LogP contribution in [0, 0.1) is 5.82 Å². The SMILES string of the molecule is CC(C)c1cnc2ccc(-c3c(-c4ccc(F)cc4)ncn3CC(F)F)cn12. The van der Waals surface area contributed by atoms with E-state index in [-0.39, 0.29) is 11.7 Å². The highest BCUT2D eigenvalue weighted by atomic mass is 19.3. The van der Waals surface area contributed by atoms with Crippen molar-refractivity contribution in [3.63, 3.8) is 0 Å². The molecule has 3 aromatic heterocycles. The van der Waals surface area contributed by atoms with Crippen LogP contribution in [0.1, 0.15) is 25.5 Å². The van der Waals surface area contributed by atoms with Gasteiger partial charge in [-0.05, 0) is 42.3 Å². The monoisotopic (exact) mass is 384 g/mol. The second-order valence-electron chi connectivity index (χ2n) is 6.98. The summed E-state index contributed by atoms with van der Waals surface area (Å²) in [4.78, 5) is 8.76. The van der Waals surface area contributed by atoms with Gasteiger partial charge in [-0.15, -0.1) is 0 Å². The lowest BCUT2D eigenvalue weighted by Gasteiger charge is -2.12. The van der Waals surface area contributed by atoms with Crippen LogP contribution in [0.25, 0.3) is 28.2 Å². The predicted molar refractivity (Wildman–Crippen MR) is 102 cm³/mol. The Morgan fingerprint density at radius 1 is 0.964 bits per heavy atom. The molecule has 0 unspecified atom stereocenters. The molecule has 0 fully saturated rings. The van der Waals surface area contributed by atoms with Gasteiger partial charge in [0.2, 0.25) is 0 Å². The third-order valence-corrected chi connectivity index (χ3v) is 4.69. The van der Waals surface area contributed by atoms with E-state index in [1.165, 1.54) is 23.0 Å². The summed E-state index contributed by atoms with van der Waals surface area (Å²) < 4.78 is 43.0. The molecule has 1 aromatic carbocycles. The molecule has 4 rings (SSSR count). The molecule has 4 aromatic rings. The molecule has 0 aliphatic carbocycles. The number of aromatic nitrogens is 4. The lowest BCUT2D eigenvalue weighted by molar-refractivity contribution is 0.127. The molecule has 0 spiro atoms. The molecule has 28 heavy (non-hydrogen) atoms. The smallest absolute Gasteiger partial charge is 0.256 e. The number of halogens is 3. The molecule has 0 aliphatic heterocycles. The Balaban J connectivity index is 1.92. The molecular weight excluding hydrogens is 365 g/mol. The third-order valence-electron chi connectivity index (χ3n) is 4.69. The lowest BCUT2D eigenvalue weighted by Crippen LogP contribution is -2.07. The minimum atomic E-state index is -2.52. The van der Waals surface area contributed by atoms with Crippen molar-refractivity contribution < 1.29 is 13.2 Å². The van der Waals surface area contributed by atoms with E-state index in [0.29, 0.717) is 17.0 Å². The average Bonchev–Trinajstić information content (AvgIpc) is 3.25. The molecule has 0 saturated heterocycles. The Morgan fingerprint density at radius 3 is 2.36 bits per heavy atom. The van der Waals surface area contributed by atoms with Gasteiger partial charge in [-0.3, -0.25) is 0 Å². The zero-order valence-corrected chi connectivity index (χ0v) is 15.5. The number of alkyl halides is 2. The fourth-order valence-electron chi connectivity index (χ4n) is 3.36. The van der Waals surface area contributed by atoms with Crippen molar-refractivity contribution in [1.29, 1.82) is 0 Å². The first-order valence-corrected chi connectivity index (χ1v) is 9.00. The fraction of sp³-hybridized carbons (Fsp3) is 0.238. The lowest BCUT2D eigenvalue weighted by atomic mass is 10.1. The highest BCUT2D eigenvalue weighted by molar-refractivity contribution is 5.79. The van der Waals surface area contributed by atoms with Crippen molar-refractivity contribution in [2.24, 2.45) is 0 Å². The van der Waals surface area contributed by atoms with E-state index in [9.17, 15) is 13.2 Å². The normalized spacial score (nSPS) is 11.8. The van der Waals surface area contributed by atoms with Gasteiger partial charge in [-0.25, -0.2) is 23.1 Å². The first-order valence-electron chi connectivity index (χ1n) is 9.00. The van der Waals surface area contributed by atoms with Gasteiger partial charge < -0.3 is 8.97 Å². The van der Waals surface area contributed by atoms with Crippen molar-refractivity contribution in [2.75, 3.05) is 0 Å². The van der Waals surface area contributed by atoms with E-state index in [1.54, 1.807) is 12.1 Å². The first-order chi connectivity index (χ1) is 13.4. The van der Waals surface area contributed by atoms with E-state index in [4.69, 9.17) is 0 Å². The van der Waals surface area contributed by atoms with E-state index >= 15 is 0 Å². The summed E-state index contributed by atoms with van der Waals surface area (Å²) in [7, 11) is 0. The Labute approximate surface area is 160 Å². The first kappa shape index (κ1) is 18.3. The highest BCUT2D eigenvalue weighted by Crippen LogP contribution is 2.32. The van der Waals surface area contributed by atoms with Crippen LogP contribution in [0.4, 0.5) is 13.2 Å². The molecule has 0 radical (unpaired) electrons. The van der Waals surface area contributed by atoms with Crippen LogP contribution in [0.2, 0.25) is 0 Å². The van der Waals surface area contributed by atoms with Gasteiger partial charge in [-0.2, -0.15) is 0 Å². The van der Waals surface area contributed by atoms with Gasteiger partial charge in [-0.1, -0.05) is 13.8 Å². The van der Waals surface area contributed by atoms with Crippen molar-refractivity contribution in [3.8, 4) is 22.5 Å². The third kappa shape index (κ3) is 3.28. The molecule has 0 amide bonds. The van der Waals surface area contributed by atoms with E-state index in [0.717, 1.165) is 16.9 Å². The molecule has 0 aliphatic rings. The van der Waals surface area contributed by atoms with Crippen molar-refractivity contribution in [1.82, 2.24) is 18.9 Å². The van der Waals surface area contributed by atoms with Gasteiger partial charge in [0, 0.05) is 29.2 Å².